The second kappa shape index (κ2) is 6.06. The number of halogens is 2. The van der Waals surface area contributed by atoms with Crippen LogP contribution in [0.3, 0.4) is 0 Å². The first kappa shape index (κ1) is 13.2. The van der Waals surface area contributed by atoms with Gasteiger partial charge in [-0.25, -0.2) is 14.1 Å². The normalized spacial score (nSPS) is 10.8. The van der Waals surface area contributed by atoms with Gasteiger partial charge < -0.3 is 5.32 Å². The minimum Gasteiger partial charge on any atom is -0.310 e. The molecule has 0 aliphatic rings. The minimum absolute atomic E-state index is 0.257. The van der Waals surface area contributed by atoms with E-state index in [0.717, 1.165) is 22.4 Å². The Balaban J connectivity index is 2.06. The van der Waals surface area contributed by atoms with E-state index in [1.807, 2.05) is 13.0 Å². The quantitative estimate of drug-likeness (QED) is 0.921. The summed E-state index contributed by atoms with van der Waals surface area (Å²) in [4.78, 5) is 4.18. The molecule has 2 aromatic rings. The minimum atomic E-state index is -0.257. The lowest BCUT2D eigenvalue weighted by Gasteiger charge is -2.02. The van der Waals surface area contributed by atoms with Gasteiger partial charge in [0, 0.05) is 4.47 Å². The predicted molar refractivity (Wildman–Crippen MR) is 70.6 cm³/mol. The molecule has 0 atom stereocenters. The van der Waals surface area contributed by atoms with Gasteiger partial charge in [0.25, 0.3) is 0 Å². The van der Waals surface area contributed by atoms with Crippen LogP contribution in [0.5, 0.6) is 0 Å². The Hall–Kier alpha value is -1.27. The van der Waals surface area contributed by atoms with Crippen LogP contribution in [-0.4, -0.2) is 21.3 Å². The summed E-state index contributed by atoms with van der Waals surface area (Å²) >= 11 is 3.27. The van der Waals surface area contributed by atoms with Crippen LogP contribution in [-0.2, 0) is 13.1 Å². The molecule has 6 heteroatoms. The molecule has 0 aliphatic carbocycles. The summed E-state index contributed by atoms with van der Waals surface area (Å²) in [6, 6.07) is 4.80. The van der Waals surface area contributed by atoms with E-state index in [4.69, 9.17) is 0 Å². The van der Waals surface area contributed by atoms with E-state index in [9.17, 15) is 4.39 Å². The molecule has 0 aliphatic heterocycles. The summed E-state index contributed by atoms with van der Waals surface area (Å²) in [5.41, 5.74) is 0.849. The maximum Gasteiger partial charge on any atom is 0.164 e. The van der Waals surface area contributed by atoms with E-state index in [1.54, 1.807) is 11.0 Å². The highest BCUT2D eigenvalue weighted by Gasteiger charge is 2.03. The van der Waals surface area contributed by atoms with Crippen molar-refractivity contribution in [1.82, 2.24) is 20.1 Å². The first-order valence-corrected chi connectivity index (χ1v) is 6.50. The molecule has 18 heavy (non-hydrogen) atoms. The van der Waals surface area contributed by atoms with E-state index >= 15 is 0 Å². The zero-order valence-corrected chi connectivity index (χ0v) is 11.6. The van der Waals surface area contributed by atoms with Crippen LogP contribution >= 0.6 is 15.9 Å². The molecule has 1 aromatic heterocycles. The molecule has 96 valence electrons. The Morgan fingerprint density at radius 1 is 1.39 bits per heavy atom. The van der Waals surface area contributed by atoms with Crippen LogP contribution in [0.25, 0.3) is 0 Å². The van der Waals surface area contributed by atoms with Crippen LogP contribution in [0, 0.1) is 5.82 Å². The summed E-state index contributed by atoms with van der Waals surface area (Å²) < 4.78 is 15.6. The number of benzene rings is 1. The second-order valence-electron chi connectivity index (χ2n) is 3.92. The Kier molecular flexibility index (Phi) is 4.43. The van der Waals surface area contributed by atoms with E-state index in [1.165, 1.54) is 12.1 Å². The number of nitrogens with zero attached hydrogens (tertiary/aromatic N) is 3. The molecule has 0 bridgehead atoms. The molecule has 2 rings (SSSR count). The first-order valence-electron chi connectivity index (χ1n) is 5.71. The van der Waals surface area contributed by atoms with Crippen molar-refractivity contribution >= 4 is 15.9 Å². The number of aromatic nitrogens is 3. The largest absolute Gasteiger partial charge is 0.310 e. The zero-order chi connectivity index (χ0) is 13.0. The van der Waals surface area contributed by atoms with Gasteiger partial charge >= 0.3 is 0 Å². The number of nitrogens with one attached hydrogen (secondary N) is 1. The van der Waals surface area contributed by atoms with Crippen molar-refractivity contribution in [2.75, 3.05) is 6.54 Å². The first-order chi connectivity index (χ1) is 8.67. The van der Waals surface area contributed by atoms with Crippen LogP contribution in [0.1, 0.15) is 18.3 Å². The molecule has 0 unspecified atom stereocenters. The van der Waals surface area contributed by atoms with Crippen molar-refractivity contribution in [1.29, 1.82) is 0 Å². The van der Waals surface area contributed by atoms with E-state index in [-0.39, 0.29) is 5.82 Å². The van der Waals surface area contributed by atoms with E-state index in [0.29, 0.717) is 13.1 Å². The van der Waals surface area contributed by atoms with Crippen molar-refractivity contribution in [2.45, 2.75) is 20.0 Å². The molecule has 1 N–H and O–H groups in total. The highest BCUT2D eigenvalue weighted by atomic mass is 79.9. The van der Waals surface area contributed by atoms with Crippen molar-refractivity contribution in [3.05, 3.63) is 46.2 Å². The molecular formula is C12H14BrFN4. The van der Waals surface area contributed by atoms with Gasteiger partial charge in [0.1, 0.15) is 12.1 Å². The predicted octanol–water partition coefficient (Wildman–Crippen LogP) is 2.34. The van der Waals surface area contributed by atoms with Crippen molar-refractivity contribution < 1.29 is 4.39 Å². The summed E-state index contributed by atoms with van der Waals surface area (Å²) in [5, 5.41) is 7.46. The van der Waals surface area contributed by atoms with Crippen molar-refractivity contribution in [3.63, 3.8) is 0 Å². The fourth-order valence-corrected chi connectivity index (χ4v) is 2.13. The monoisotopic (exact) mass is 312 g/mol. The molecule has 1 heterocycles. The SMILES string of the molecule is CCNCc1ncn(Cc2cc(F)cc(Br)c2)n1. The van der Waals surface area contributed by atoms with Crippen LogP contribution in [0.2, 0.25) is 0 Å². The highest BCUT2D eigenvalue weighted by Crippen LogP contribution is 2.15. The molecule has 4 nitrogen and oxygen atoms in total. The van der Waals surface area contributed by atoms with Gasteiger partial charge in [-0.1, -0.05) is 22.9 Å². The Bertz CT molecular complexity index is 506. The fourth-order valence-electron chi connectivity index (χ4n) is 1.62. The average Bonchev–Trinajstić information content (AvgIpc) is 2.72. The smallest absolute Gasteiger partial charge is 0.164 e. The van der Waals surface area contributed by atoms with Crippen molar-refractivity contribution in [2.24, 2.45) is 0 Å². The molecule has 0 radical (unpaired) electrons. The average molecular weight is 313 g/mol. The van der Waals surface area contributed by atoms with Crippen LogP contribution in [0.4, 0.5) is 4.39 Å². The van der Waals surface area contributed by atoms with Crippen LogP contribution < -0.4 is 5.32 Å². The number of rotatable bonds is 5. The molecule has 0 amide bonds. The molecule has 0 fully saturated rings. The summed E-state index contributed by atoms with van der Waals surface area (Å²) in [6.07, 6.45) is 1.66. The van der Waals surface area contributed by atoms with Gasteiger partial charge in [-0.3, -0.25) is 0 Å². The van der Waals surface area contributed by atoms with Gasteiger partial charge in [0.2, 0.25) is 0 Å². The molecular weight excluding hydrogens is 299 g/mol. The van der Waals surface area contributed by atoms with Gasteiger partial charge in [-0.05, 0) is 30.3 Å². The lowest BCUT2D eigenvalue weighted by Crippen LogP contribution is -2.13. The highest BCUT2D eigenvalue weighted by molar-refractivity contribution is 9.10. The van der Waals surface area contributed by atoms with Crippen LogP contribution in [0.15, 0.2) is 29.0 Å². The Labute approximate surface area is 113 Å². The molecule has 0 spiro atoms. The molecule has 1 aromatic carbocycles. The van der Waals surface area contributed by atoms with Gasteiger partial charge in [-0.2, -0.15) is 5.10 Å². The maximum atomic E-state index is 13.2. The summed E-state index contributed by atoms with van der Waals surface area (Å²) in [5.74, 6) is 0.486. The van der Waals surface area contributed by atoms with E-state index < -0.39 is 0 Å². The summed E-state index contributed by atoms with van der Waals surface area (Å²) in [6.45, 7) is 4.07. The second-order valence-corrected chi connectivity index (χ2v) is 4.83. The Morgan fingerprint density at radius 3 is 2.94 bits per heavy atom. The van der Waals surface area contributed by atoms with Crippen molar-refractivity contribution in [3.8, 4) is 0 Å². The lowest BCUT2D eigenvalue weighted by molar-refractivity contribution is 0.614. The molecule has 0 saturated carbocycles. The number of hydrogen-bond donors (Lipinski definition) is 1. The fraction of sp³-hybridized carbons (Fsp3) is 0.333. The maximum absolute atomic E-state index is 13.2. The standard InChI is InChI=1S/C12H14BrFN4/c1-2-15-6-12-16-8-18(17-12)7-9-3-10(13)5-11(14)4-9/h3-5,8,15H,2,6-7H2,1H3. The third-order valence-corrected chi connectivity index (χ3v) is 2.84. The van der Waals surface area contributed by atoms with E-state index in [2.05, 4.69) is 31.3 Å². The van der Waals surface area contributed by atoms with Gasteiger partial charge in [0.15, 0.2) is 5.82 Å². The topological polar surface area (TPSA) is 42.7 Å². The zero-order valence-electron chi connectivity index (χ0n) is 10.0. The Morgan fingerprint density at radius 2 is 2.22 bits per heavy atom. The third kappa shape index (κ3) is 3.61. The van der Waals surface area contributed by atoms with Gasteiger partial charge in [0.05, 0.1) is 13.1 Å². The number of hydrogen-bond acceptors (Lipinski definition) is 3. The van der Waals surface area contributed by atoms with Gasteiger partial charge in [-0.15, -0.1) is 0 Å². The summed E-state index contributed by atoms with van der Waals surface area (Å²) in [7, 11) is 0. The third-order valence-electron chi connectivity index (χ3n) is 2.38. The molecule has 0 saturated heterocycles. The lowest BCUT2D eigenvalue weighted by atomic mass is 10.2.